The van der Waals surface area contributed by atoms with Gasteiger partial charge in [0.2, 0.25) is 0 Å². The lowest BCUT2D eigenvalue weighted by Gasteiger charge is -2.22. The van der Waals surface area contributed by atoms with Crippen LogP contribution in [0.25, 0.3) is 5.69 Å². The molecule has 0 radical (unpaired) electrons. The second-order valence-electron chi connectivity index (χ2n) is 5.86. The molecule has 0 atom stereocenters. The van der Waals surface area contributed by atoms with Gasteiger partial charge in [0.25, 0.3) is 5.91 Å². The molecule has 1 aromatic carbocycles. The van der Waals surface area contributed by atoms with Crippen molar-refractivity contribution in [3.05, 3.63) is 35.2 Å². The number of hydrogen-bond acceptors (Lipinski definition) is 4. The van der Waals surface area contributed by atoms with Crippen LogP contribution in [0.2, 0.25) is 0 Å². The molecular formula is C16H21N5O. The topological polar surface area (TPSA) is 63.9 Å². The Hall–Kier alpha value is -2.24. The molecule has 0 bridgehead atoms. The minimum Gasteiger partial charge on any atom is -0.339 e. The summed E-state index contributed by atoms with van der Waals surface area (Å²) in [6, 6.07) is 3.89. The number of likely N-dealkylation sites (tertiary alicyclic amines) is 1. The van der Waals surface area contributed by atoms with E-state index in [1.165, 1.54) is 12.8 Å². The molecule has 1 aromatic heterocycles. The summed E-state index contributed by atoms with van der Waals surface area (Å²) < 4.78 is 1.59. The normalized spacial score (nSPS) is 15.6. The number of aromatic nitrogens is 4. The second-order valence-corrected chi connectivity index (χ2v) is 5.86. The summed E-state index contributed by atoms with van der Waals surface area (Å²) in [5, 5.41) is 11.4. The zero-order valence-electron chi connectivity index (χ0n) is 13.1. The number of aryl methyl sites for hydroxylation is 1. The van der Waals surface area contributed by atoms with E-state index >= 15 is 0 Å². The standard InChI is InChI=1S/C16H21N5O/c1-12-7-8-14(15(13(12)2)21-11-17-18-19-21)16(22)20-9-5-3-4-6-10-20/h7-8,11H,3-6,9-10H2,1-2H3. The highest BCUT2D eigenvalue weighted by Crippen LogP contribution is 2.24. The Morgan fingerprint density at radius 1 is 1.09 bits per heavy atom. The molecule has 1 aliphatic heterocycles. The van der Waals surface area contributed by atoms with Gasteiger partial charge in [-0.1, -0.05) is 18.9 Å². The molecular weight excluding hydrogens is 278 g/mol. The summed E-state index contributed by atoms with van der Waals surface area (Å²) in [7, 11) is 0. The van der Waals surface area contributed by atoms with Crippen molar-refractivity contribution >= 4 is 5.91 Å². The smallest absolute Gasteiger partial charge is 0.256 e. The molecule has 1 saturated heterocycles. The van der Waals surface area contributed by atoms with Crippen molar-refractivity contribution in [3.63, 3.8) is 0 Å². The van der Waals surface area contributed by atoms with Crippen LogP contribution in [0.3, 0.4) is 0 Å². The highest BCUT2D eigenvalue weighted by atomic mass is 16.2. The zero-order valence-corrected chi connectivity index (χ0v) is 13.1. The first-order valence-electron chi connectivity index (χ1n) is 7.81. The maximum Gasteiger partial charge on any atom is 0.256 e. The van der Waals surface area contributed by atoms with E-state index in [-0.39, 0.29) is 5.91 Å². The number of carbonyl (C=O) groups excluding carboxylic acids is 1. The SMILES string of the molecule is Cc1ccc(C(=O)N2CCCCCC2)c(-n2cnnn2)c1C. The molecule has 1 aliphatic rings. The number of benzene rings is 1. The summed E-state index contributed by atoms with van der Waals surface area (Å²) >= 11 is 0. The molecule has 22 heavy (non-hydrogen) atoms. The van der Waals surface area contributed by atoms with E-state index in [9.17, 15) is 4.79 Å². The van der Waals surface area contributed by atoms with Crippen molar-refractivity contribution in [1.29, 1.82) is 0 Å². The van der Waals surface area contributed by atoms with Gasteiger partial charge in [-0.2, -0.15) is 4.68 Å². The van der Waals surface area contributed by atoms with Crippen LogP contribution in [0, 0.1) is 13.8 Å². The van der Waals surface area contributed by atoms with Crippen LogP contribution < -0.4 is 0 Å². The van der Waals surface area contributed by atoms with Gasteiger partial charge in [0.15, 0.2) is 0 Å². The van der Waals surface area contributed by atoms with Crippen LogP contribution in [-0.2, 0) is 0 Å². The Labute approximate surface area is 130 Å². The number of rotatable bonds is 2. The minimum atomic E-state index is 0.0792. The number of nitrogens with zero attached hydrogens (tertiary/aromatic N) is 5. The molecule has 6 heteroatoms. The molecule has 3 rings (SSSR count). The van der Waals surface area contributed by atoms with Gasteiger partial charge in [0.1, 0.15) is 6.33 Å². The third-order valence-electron chi connectivity index (χ3n) is 4.40. The fourth-order valence-electron chi connectivity index (χ4n) is 2.98. The quantitative estimate of drug-likeness (QED) is 0.853. The van der Waals surface area contributed by atoms with Gasteiger partial charge in [-0.25, -0.2) is 0 Å². The van der Waals surface area contributed by atoms with Crippen molar-refractivity contribution in [2.24, 2.45) is 0 Å². The Kier molecular flexibility index (Phi) is 4.18. The van der Waals surface area contributed by atoms with Gasteiger partial charge in [0, 0.05) is 13.1 Å². The summed E-state index contributed by atoms with van der Waals surface area (Å²) in [6.07, 6.45) is 6.11. The molecule has 1 fully saturated rings. The van der Waals surface area contributed by atoms with E-state index in [2.05, 4.69) is 15.5 Å². The van der Waals surface area contributed by atoms with Gasteiger partial charge in [-0.3, -0.25) is 4.79 Å². The molecule has 1 amide bonds. The predicted molar refractivity (Wildman–Crippen MR) is 83.0 cm³/mol. The largest absolute Gasteiger partial charge is 0.339 e. The van der Waals surface area contributed by atoms with Crippen LogP contribution >= 0.6 is 0 Å². The van der Waals surface area contributed by atoms with Crippen molar-refractivity contribution in [3.8, 4) is 5.69 Å². The number of amides is 1. The third-order valence-corrected chi connectivity index (χ3v) is 4.40. The average Bonchev–Trinajstić information content (AvgIpc) is 2.90. The van der Waals surface area contributed by atoms with E-state index in [4.69, 9.17) is 0 Å². The Morgan fingerprint density at radius 2 is 1.82 bits per heavy atom. The zero-order chi connectivity index (χ0) is 15.5. The molecule has 0 unspecified atom stereocenters. The molecule has 6 nitrogen and oxygen atoms in total. The summed E-state index contributed by atoms with van der Waals surface area (Å²) in [5.74, 6) is 0.0792. The highest BCUT2D eigenvalue weighted by molar-refractivity contribution is 5.98. The van der Waals surface area contributed by atoms with Crippen molar-refractivity contribution in [2.45, 2.75) is 39.5 Å². The Bertz CT molecular complexity index is 657. The van der Waals surface area contributed by atoms with E-state index < -0.39 is 0 Å². The molecule has 0 N–H and O–H groups in total. The lowest BCUT2D eigenvalue weighted by Crippen LogP contribution is -2.32. The molecule has 0 aliphatic carbocycles. The number of tetrazole rings is 1. The lowest BCUT2D eigenvalue weighted by molar-refractivity contribution is 0.0761. The van der Waals surface area contributed by atoms with Gasteiger partial charge >= 0.3 is 0 Å². The average molecular weight is 299 g/mol. The summed E-state index contributed by atoms with van der Waals surface area (Å²) in [5.41, 5.74) is 3.63. The lowest BCUT2D eigenvalue weighted by atomic mass is 10.0. The van der Waals surface area contributed by atoms with E-state index in [1.54, 1.807) is 11.0 Å². The minimum absolute atomic E-state index is 0.0792. The van der Waals surface area contributed by atoms with Crippen LogP contribution in [0.1, 0.15) is 47.2 Å². The predicted octanol–water partition coefficient (Wildman–Crippen LogP) is 2.30. The molecule has 0 spiro atoms. The fraction of sp³-hybridized carbons (Fsp3) is 0.500. The third kappa shape index (κ3) is 2.73. The maximum absolute atomic E-state index is 13.0. The second kappa shape index (κ2) is 6.25. The first-order valence-corrected chi connectivity index (χ1v) is 7.81. The Balaban J connectivity index is 2.03. The van der Waals surface area contributed by atoms with Gasteiger partial charge < -0.3 is 4.90 Å². The van der Waals surface area contributed by atoms with E-state index in [1.807, 2.05) is 30.9 Å². The highest BCUT2D eigenvalue weighted by Gasteiger charge is 2.23. The molecule has 0 saturated carbocycles. The van der Waals surface area contributed by atoms with E-state index in [0.29, 0.717) is 5.56 Å². The summed E-state index contributed by atoms with van der Waals surface area (Å²) in [6.45, 7) is 5.70. The van der Waals surface area contributed by atoms with Crippen molar-refractivity contribution in [1.82, 2.24) is 25.1 Å². The first-order chi connectivity index (χ1) is 10.7. The van der Waals surface area contributed by atoms with Crippen LogP contribution in [-0.4, -0.2) is 44.1 Å². The molecule has 2 heterocycles. The number of carbonyl (C=O) groups is 1. The summed E-state index contributed by atoms with van der Waals surface area (Å²) in [4.78, 5) is 14.9. The van der Waals surface area contributed by atoms with Crippen molar-refractivity contribution in [2.75, 3.05) is 13.1 Å². The monoisotopic (exact) mass is 299 g/mol. The first kappa shape index (κ1) is 14.7. The molecule has 116 valence electrons. The molecule has 2 aromatic rings. The van der Waals surface area contributed by atoms with E-state index in [0.717, 1.165) is 42.7 Å². The number of hydrogen-bond donors (Lipinski definition) is 0. The van der Waals surface area contributed by atoms with Crippen molar-refractivity contribution < 1.29 is 4.79 Å². The van der Waals surface area contributed by atoms with Crippen LogP contribution in [0.4, 0.5) is 0 Å². The van der Waals surface area contributed by atoms with Gasteiger partial charge in [-0.05, 0) is 54.3 Å². The Morgan fingerprint density at radius 3 is 2.45 bits per heavy atom. The van der Waals surface area contributed by atoms with Crippen LogP contribution in [0.5, 0.6) is 0 Å². The fourth-order valence-corrected chi connectivity index (χ4v) is 2.98. The van der Waals surface area contributed by atoms with Crippen LogP contribution in [0.15, 0.2) is 18.5 Å². The maximum atomic E-state index is 13.0. The van der Waals surface area contributed by atoms with Gasteiger partial charge in [0.05, 0.1) is 11.3 Å². The van der Waals surface area contributed by atoms with Gasteiger partial charge in [-0.15, -0.1) is 5.10 Å².